The van der Waals surface area contributed by atoms with Gasteiger partial charge < -0.3 is 10.1 Å². The van der Waals surface area contributed by atoms with E-state index < -0.39 is 5.97 Å². The van der Waals surface area contributed by atoms with Gasteiger partial charge in [0.15, 0.2) is 0 Å². The number of nitrogens with zero attached hydrogens (tertiary/aromatic N) is 1. The molecular formula is C10H10N2O3. The second kappa shape index (κ2) is 3.27. The lowest BCUT2D eigenvalue weighted by atomic mass is 10.2. The summed E-state index contributed by atoms with van der Waals surface area (Å²) in [7, 11) is 0. The number of rotatable bonds is 2. The number of hydrogen-bond donors (Lipinski definition) is 2. The van der Waals surface area contributed by atoms with Gasteiger partial charge in [0.1, 0.15) is 5.65 Å². The first-order chi connectivity index (χ1) is 7.09. The number of pyridine rings is 1. The molecule has 0 unspecified atom stereocenters. The van der Waals surface area contributed by atoms with Crippen LogP contribution in [0.1, 0.15) is 11.4 Å². The Morgan fingerprint density at radius 2 is 2.27 bits per heavy atom. The zero-order valence-corrected chi connectivity index (χ0v) is 8.15. The number of aryl methyl sites for hydroxylation is 1. The highest BCUT2D eigenvalue weighted by Crippen LogP contribution is 2.09. The standard InChI is InChI=1S/C10H10N2O3/c1-6-7(5-10(14)15)11-8-3-2-4-9(13)12(6)8/h2-4,11H,5H2,1H3,(H,14,15). The van der Waals surface area contributed by atoms with E-state index in [0.29, 0.717) is 17.0 Å². The number of aromatic nitrogens is 2. The van der Waals surface area contributed by atoms with Crippen molar-refractivity contribution < 1.29 is 9.90 Å². The molecule has 0 fully saturated rings. The number of aromatic amines is 1. The van der Waals surface area contributed by atoms with Crippen molar-refractivity contribution in [2.24, 2.45) is 0 Å². The predicted octanol–water partition coefficient (Wildman–Crippen LogP) is 0.563. The average molecular weight is 206 g/mol. The van der Waals surface area contributed by atoms with Crippen LogP contribution in [0.15, 0.2) is 23.0 Å². The van der Waals surface area contributed by atoms with Gasteiger partial charge in [-0.05, 0) is 13.0 Å². The van der Waals surface area contributed by atoms with Gasteiger partial charge >= 0.3 is 5.97 Å². The number of aliphatic carboxylic acids is 1. The van der Waals surface area contributed by atoms with Crippen LogP contribution in [0, 0.1) is 6.92 Å². The molecule has 0 radical (unpaired) electrons. The molecule has 0 saturated carbocycles. The Bertz CT molecular complexity index is 580. The maximum atomic E-state index is 11.5. The van der Waals surface area contributed by atoms with Crippen LogP contribution >= 0.6 is 0 Å². The number of hydrogen-bond acceptors (Lipinski definition) is 2. The second-order valence-electron chi connectivity index (χ2n) is 3.34. The van der Waals surface area contributed by atoms with E-state index >= 15 is 0 Å². The Labute approximate surface area is 85.0 Å². The summed E-state index contributed by atoms with van der Waals surface area (Å²) in [6.45, 7) is 1.73. The third kappa shape index (κ3) is 1.52. The molecule has 0 aliphatic carbocycles. The zero-order chi connectivity index (χ0) is 11.0. The highest BCUT2D eigenvalue weighted by molar-refractivity contribution is 5.70. The molecule has 0 amide bonds. The van der Waals surface area contributed by atoms with Crippen molar-refractivity contribution in [2.45, 2.75) is 13.3 Å². The molecule has 5 nitrogen and oxygen atoms in total. The summed E-state index contributed by atoms with van der Waals surface area (Å²) in [5, 5.41) is 8.68. The Kier molecular flexibility index (Phi) is 2.07. The van der Waals surface area contributed by atoms with Crippen LogP contribution in [0.5, 0.6) is 0 Å². The van der Waals surface area contributed by atoms with Crippen molar-refractivity contribution in [1.82, 2.24) is 9.38 Å². The van der Waals surface area contributed by atoms with Crippen molar-refractivity contribution in [1.29, 1.82) is 0 Å². The summed E-state index contributed by atoms with van der Waals surface area (Å²) in [5.41, 5.74) is 1.68. The van der Waals surface area contributed by atoms with Gasteiger partial charge in [0.25, 0.3) is 5.56 Å². The Morgan fingerprint density at radius 3 is 2.87 bits per heavy atom. The molecule has 2 aromatic heterocycles. The molecule has 0 bridgehead atoms. The minimum absolute atomic E-state index is 0.104. The topological polar surface area (TPSA) is 74.6 Å². The first-order valence-corrected chi connectivity index (χ1v) is 4.50. The van der Waals surface area contributed by atoms with Crippen molar-refractivity contribution in [3.8, 4) is 0 Å². The maximum Gasteiger partial charge on any atom is 0.309 e. The van der Waals surface area contributed by atoms with Gasteiger partial charge in [-0.1, -0.05) is 6.07 Å². The highest BCUT2D eigenvalue weighted by Gasteiger charge is 2.10. The summed E-state index contributed by atoms with van der Waals surface area (Å²) in [6, 6.07) is 4.82. The van der Waals surface area contributed by atoms with E-state index in [-0.39, 0.29) is 12.0 Å². The van der Waals surface area contributed by atoms with E-state index in [9.17, 15) is 9.59 Å². The summed E-state index contributed by atoms with van der Waals surface area (Å²) < 4.78 is 1.47. The summed E-state index contributed by atoms with van der Waals surface area (Å²) >= 11 is 0. The van der Waals surface area contributed by atoms with Gasteiger partial charge in [0.05, 0.1) is 6.42 Å². The molecule has 2 aromatic rings. The van der Waals surface area contributed by atoms with Crippen molar-refractivity contribution in [3.05, 3.63) is 39.9 Å². The van der Waals surface area contributed by atoms with Crippen LogP contribution in [-0.2, 0) is 11.2 Å². The van der Waals surface area contributed by atoms with E-state index in [0.717, 1.165) is 0 Å². The molecular weight excluding hydrogens is 196 g/mol. The lowest BCUT2D eigenvalue weighted by Gasteiger charge is -1.94. The number of carbonyl (C=O) groups is 1. The summed E-state index contributed by atoms with van der Waals surface area (Å²) in [4.78, 5) is 25.0. The monoisotopic (exact) mass is 206 g/mol. The minimum Gasteiger partial charge on any atom is -0.481 e. The van der Waals surface area contributed by atoms with E-state index in [1.54, 1.807) is 19.1 Å². The molecule has 5 heteroatoms. The minimum atomic E-state index is -0.919. The zero-order valence-electron chi connectivity index (χ0n) is 8.15. The SMILES string of the molecule is Cc1c(CC(=O)O)[nH]c2cccc(=O)n12. The third-order valence-corrected chi connectivity index (χ3v) is 2.33. The Balaban J connectivity index is 2.70. The fourth-order valence-electron chi connectivity index (χ4n) is 1.64. The number of carboxylic acids is 1. The summed E-state index contributed by atoms with van der Waals surface area (Å²) in [6.07, 6.45) is -0.104. The molecule has 15 heavy (non-hydrogen) atoms. The fraction of sp³-hybridized carbons (Fsp3) is 0.200. The average Bonchev–Trinajstić information content (AvgIpc) is 2.44. The summed E-state index contributed by atoms with van der Waals surface area (Å²) in [5.74, 6) is -0.919. The van der Waals surface area contributed by atoms with Gasteiger partial charge in [-0.2, -0.15) is 0 Å². The maximum absolute atomic E-state index is 11.5. The molecule has 2 rings (SSSR count). The number of H-pyrrole nitrogens is 1. The second-order valence-corrected chi connectivity index (χ2v) is 3.34. The van der Waals surface area contributed by atoms with E-state index in [2.05, 4.69) is 4.98 Å². The van der Waals surface area contributed by atoms with Crippen molar-refractivity contribution >= 4 is 11.6 Å². The highest BCUT2D eigenvalue weighted by atomic mass is 16.4. The van der Waals surface area contributed by atoms with Gasteiger partial charge in [-0.3, -0.25) is 14.0 Å². The van der Waals surface area contributed by atoms with E-state index in [4.69, 9.17) is 5.11 Å². The van der Waals surface area contributed by atoms with Gasteiger partial charge in [0, 0.05) is 17.5 Å². The van der Waals surface area contributed by atoms with Gasteiger partial charge in [-0.15, -0.1) is 0 Å². The number of fused-ring (bicyclic) bond motifs is 1. The van der Waals surface area contributed by atoms with Crippen LogP contribution in [-0.4, -0.2) is 20.5 Å². The smallest absolute Gasteiger partial charge is 0.309 e. The molecule has 2 heterocycles. The van der Waals surface area contributed by atoms with E-state index in [1.165, 1.54) is 10.5 Å². The lowest BCUT2D eigenvalue weighted by molar-refractivity contribution is -0.136. The molecule has 0 spiro atoms. The van der Waals surface area contributed by atoms with Crippen LogP contribution in [0.25, 0.3) is 5.65 Å². The molecule has 0 aliphatic rings. The Hall–Kier alpha value is -2.04. The first-order valence-electron chi connectivity index (χ1n) is 4.50. The third-order valence-electron chi connectivity index (χ3n) is 2.33. The molecule has 2 N–H and O–H groups in total. The molecule has 0 aromatic carbocycles. The van der Waals surface area contributed by atoms with Crippen molar-refractivity contribution in [3.63, 3.8) is 0 Å². The number of nitrogens with one attached hydrogen (secondary N) is 1. The molecule has 0 aliphatic heterocycles. The van der Waals surface area contributed by atoms with Crippen molar-refractivity contribution in [2.75, 3.05) is 0 Å². The molecule has 78 valence electrons. The largest absolute Gasteiger partial charge is 0.481 e. The Morgan fingerprint density at radius 1 is 1.53 bits per heavy atom. The van der Waals surface area contributed by atoms with E-state index in [1.807, 2.05) is 0 Å². The van der Waals surface area contributed by atoms with Gasteiger partial charge in [-0.25, -0.2) is 0 Å². The van der Waals surface area contributed by atoms with Crippen LogP contribution in [0.3, 0.4) is 0 Å². The predicted molar refractivity (Wildman–Crippen MR) is 54.1 cm³/mol. The normalized spacial score (nSPS) is 10.7. The lowest BCUT2D eigenvalue weighted by Crippen LogP contribution is -2.11. The van der Waals surface area contributed by atoms with Crippen LogP contribution in [0.2, 0.25) is 0 Å². The van der Waals surface area contributed by atoms with Crippen LogP contribution in [0.4, 0.5) is 0 Å². The number of imidazole rings is 1. The quantitative estimate of drug-likeness (QED) is 0.754. The fourth-order valence-corrected chi connectivity index (χ4v) is 1.64. The molecule has 0 saturated heterocycles. The molecule has 0 atom stereocenters. The number of carboxylic acid groups (broad SMARTS) is 1. The van der Waals surface area contributed by atoms with Crippen LogP contribution < -0.4 is 5.56 Å². The first kappa shape index (κ1) is 9.51. The van der Waals surface area contributed by atoms with Gasteiger partial charge in [0.2, 0.25) is 0 Å².